The number of benzene rings is 3. The number of alkyl halides is 3. The lowest BCUT2D eigenvalue weighted by Crippen LogP contribution is -2.16. The van der Waals surface area contributed by atoms with E-state index in [0.717, 1.165) is 31.4 Å². The molecular formula is C28H24F6O. The van der Waals surface area contributed by atoms with E-state index in [9.17, 15) is 22.0 Å². The molecule has 0 radical (unpaired) electrons. The monoisotopic (exact) mass is 490 g/mol. The number of rotatable bonds is 7. The molecular weight excluding hydrogens is 466 g/mol. The van der Waals surface area contributed by atoms with Crippen LogP contribution in [0.3, 0.4) is 0 Å². The fourth-order valence-corrected chi connectivity index (χ4v) is 4.46. The number of fused-ring (bicyclic) bond motifs is 1. The highest BCUT2D eigenvalue weighted by Crippen LogP contribution is 2.36. The van der Waals surface area contributed by atoms with E-state index in [1.165, 1.54) is 30.3 Å². The Morgan fingerprint density at radius 2 is 1.57 bits per heavy atom. The maximum absolute atomic E-state index is 15.3. The van der Waals surface area contributed by atoms with E-state index < -0.39 is 29.6 Å². The molecule has 35 heavy (non-hydrogen) atoms. The molecule has 1 aliphatic carbocycles. The van der Waals surface area contributed by atoms with Crippen molar-refractivity contribution in [1.29, 1.82) is 0 Å². The Kier molecular flexibility index (Phi) is 7.24. The number of aryl methyl sites for hydroxylation is 1. The SMILES string of the molecule is CCCCCc1cc(F)c(C2=CCc3c(ccc(-c4ccc(OC(F)(F)F)cc4)c3F)C2)c(F)c1. The molecule has 1 nitrogen and oxygen atoms in total. The highest BCUT2D eigenvalue weighted by atomic mass is 19.4. The molecule has 0 bridgehead atoms. The minimum Gasteiger partial charge on any atom is -0.406 e. The fourth-order valence-electron chi connectivity index (χ4n) is 4.46. The van der Waals surface area contributed by atoms with Gasteiger partial charge in [-0.1, -0.05) is 50.1 Å². The third kappa shape index (κ3) is 5.72. The average molecular weight is 490 g/mol. The summed E-state index contributed by atoms with van der Waals surface area (Å²) in [5, 5.41) is 0. The van der Waals surface area contributed by atoms with Gasteiger partial charge in [-0.15, -0.1) is 13.2 Å². The van der Waals surface area contributed by atoms with Crippen LogP contribution in [0, 0.1) is 17.5 Å². The van der Waals surface area contributed by atoms with Crippen LogP contribution < -0.4 is 4.74 Å². The Hall–Kier alpha value is -3.22. The highest BCUT2D eigenvalue weighted by molar-refractivity contribution is 5.74. The van der Waals surface area contributed by atoms with Crippen molar-refractivity contribution in [1.82, 2.24) is 0 Å². The number of unbranched alkanes of at least 4 members (excludes halogenated alkanes) is 2. The maximum Gasteiger partial charge on any atom is 0.573 e. The predicted molar refractivity (Wildman–Crippen MR) is 123 cm³/mol. The van der Waals surface area contributed by atoms with Gasteiger partial charge in [0.25, 0.3) is 0 Å². The van der Waals surface area contributed by atoms with E-state index >= 15 is 4.39 Å². The van der Waals surface area contributed by atoms with Gasteiger partial charge in [-0.3, -0.25) is 0 Å². The van der Waals surface area contributed by atoms with Gasteiger partial charge < -0.3 is 4.74 Å². The van der Waals surface area contributed by atoms with E-state index in [1.54, 1.807) is 12.1 Å². The quantitative estimate of drug-likeness (QED) is 0.238. The van der Waals surface area contributed by atoms with E-state index in [-0.39, 0.29) is 24.0 Å². The van der Waals surface area contributed by atoms with Crippen molar-refractivity contribution in [3.05, 3.63) is 94.3 Å². The van der Waals surface area contributed by atoms with E-state index in [1.807, 2.05) is 0 Å². The van der Waals surface area contributed by atoms with Gasteiger partial charge in [-0.2, -0.15) is 0 Å². The number of ether oxygens (including phenoxy) is 1. The van der Waals surface area contributed by atoms with Gasteiger partial charge in [-0.05, 0) is 77.8 Å². The molecule has 0 saturated heterocycles. The van der Waals surface area contributed by atoms with Crippen molar-refractivity contribution >= 4 is 5.57 Å². The molecule has 0 spiro atoms. The normalized spacial score (nSPS) is 13.4. The minimum absolute atomic E-state index is 0.0837. The maximum atomic E-state index is 15.3. The Bertz CT molecular complexity index is 1220. The highest BCUT2D eigenvalue weighted by Gasteiger charge is 2.31. The summed E-state index contributed by atoms with van der Waals surface area (Å²) in [4.78, 5) is 0. The van der Waals surface area contributed by atoms with Crippen molar-refractivity contribution < 1.29 is 31.1 Å². The molecule has 0 aliphatic heterocycles. The summed E-state index contributed by atoms with van der Waals surface area (Å²) in [6.07, 6.45) is 0.637. The fraction of sp³-hybridized carbons (Fsp3) is 0.286. The summed E-state index contributed by atoms with van der Waals surface area (Å²) < 4.78 is 86.0. The second-order valence-electron chi connectivity index (χ2n) is 8.64. The van der Waals surface area contributed by atoms with Crippen molar-refractivity contribution in [2.24, 2.45) is 0 Å². The van der Waals surface area contributed by atoms with Crippen molar-refractivity contribution in [2.45, 2.75) is 51.8 Å². The van der Waals surface area contributed by atoms with Crippen molar-refractivity contribution in [3.63, 3.8) is 0 Å². The molecule has 0 heterocycles. The molecule has 0 fully saturated rings. The molecule has 3 aromatic carbocycles. The van der Waals surface area contributed by atoms with Crippen LogP contribution in [-0.4, -0.2) is 6.36 Å². The van der Waals surface area contributed by atoms with Crippen molar-refractivity contribution in [2.75, 3.05) is 0 Å². The van der Waals surface area contributed by atoms with E-state index in [0.29, 0.717) is 34.2 Å². The minimum atomic E-state index is -4.81. The van der Waals surface area contributed by atoms with Crippen LogP contribution >= 0.6 is 0 Å². The van der Waals surface area contributed by atoms with Crippen LogP contribution in [-0.2, 0) is 19.3 Å². The molecule has 0 amide bonds. The van der Waals surface area contributed by atoms with Crippen LogP contribution in [0.1, 0.15) is 48.4 Å². The zero-order valence-corrected chi connectivity index (χ0v) is 19.1. The number of hydrogen-bond donors (Lipinski definition) is 0. The summed E-state index contributed by atoms with van der Waals surface area (Å²) in [5.41, 5.74) is 2.65. The smallest absolute Gasteiger partial charge is 0.406 e. The zero-order chi connectivity index (χ0) is 25.2. The van der Waals surface area contributed by atoms with Gasteiger partial charge in [0.1, 0.15) is 23.2 Å². The molecule has 184 valence electrons. The molecule has 3 aromatic rings. The largest absolute Gasteiger partial charge is 0.573 e. The van der Waals surface area contributed by atoms with E-state index in [4.69, 9.17) is 0 Å². The Balaban J connectivity index is 1.56. The zero-order valence-electron chi connectivity index (χ0n) is 19.1. The van der Waals surface area contributed by atoms with Crippen molar-refractivity contribution in [3.8, 4) is 16.9 Å². The molecule has 1 aliphatic rings. The third-order valence-corrected chi connectivity index (χ3v) is 6.16. The number of hydrogen-bond acceptors (Lipinski definition) is 1. The summed E-state index contributed by atoms with van der Waals surface area (Å²) in [6.45, 7) is 2.06. The molecule has 4 rings (SSSR count). The number of halogens is 6. The lowest BCUT2D eigenvalue weighted by atomic mass is 9.85. The first kappa shape index (κ1) is 24.9. The van der Waals surface area contributed by atoms with Gasteiger partial charge in [0, 0.05) is 11.1 Å². The molecule has 0 N–H and O–H groups in total. The van der Waals surface area contributed by atoms with Crippen LogP contribution in [0.5, 0.6) is 5.75 Å². The summed E-state index contributed by atoms with van der Waals surface area (Å²) in [5.74, 6) is -2.14. The second kappa shape index (κ2) is 10.2. The van der Waals surface area contributed by atoms with Gasteiger partial charge in [0.05, 0.1) is 0 Å². The van der Waals surface area contributed by atoms with Crippen LogP contribution in [0.4, 0.5) is 26.3 Å². The Morgan fingerprint density at radius 1 is 0.886 bits per heavy atom. The Morgan fingerprint density at radius 3 is 2.20 bits per heavy atom. The lowest BCUT2D eigenvalue weighted by Gasteiger charge is -2.21. The van der Waals surface area contributed by atoms with E-state index in [2.05, 4.69) is 11.7 Å². The topological polar surface area (TPSA) is 9.23 Å². The predicted octanol–water partition coefficient (Wildman–Crippen LogP) is 8.58. The third-order valence-electron chi connectivity index (χ3n) is 6.16. The molecule has 0 unspecified atom stereocenters. The lowest BCUT2D eigenvalue weighted by molar-refractivity contribution is -0.274. The standard InChI is InChI=1S/C28H24F6O/c1-2-3-4-5-17-14-24(29)26(25(30)15-17)20-9-13-23-19(16-20)8-12-22(27(23)31)18-6-10-21(11-7-18)35-28(32,33)34/h6-12,14-15H,2-5,13,16H2,1H3. The van der Waals surface area contributed by atoms with Gasteiger partial charge in [0.2, 0.25) is 0 Å². The van der Waals surface area contributed by atoms with Crippen LogP contribution in [0.2, 0.25) is 0 Å². The molecule has 0 saturated carbocycles. The van der Waals surface area contributed by atoms with Gasteiger partial charge in [0.15, 0.2) is 0 Å². The summed E-state index contributed by atoms with van der Waals surface area (Å²) >= 11 is 0. The first-order chi connectivity index (χ1) is 16.7. The van der Waals surface area contributed by atoms with Crippen LogP contribution in [0.25, 0.3) is 16.7 Å². The Labute approximate surface area is 200 Å². The summed E-state index contributed by atoms with van der Waals surface area (Å²) in [6, 6.07) is 10.9. The molecule has 0 aromatic heterocycles. The first-order valence-corrected chi connectivity index (χ1v) is 11.5. The molecule has 7 heteroatoms. The van der Waals surface area contributed by atoms with Crippen LogP contribution in [0.15, 0.2) is 54.6 Å². The number of allylic oxidation sites excluding steroid dienone is 2. The second-order valence-corrected chi connectivity index (χ2v) is 8.64. The average Bonchev–Trinajstić information content (AvgIpc) is 2.79. The van der Waals surface area contributed by atoms with Gasteiger partial charge >= 0.3 is 6.36 Å². The molecule has 0 atom stereocenters. The first-order valence-electron chi connectivity index (χ1n) is 11.5. The van der Waals surface area contributed by atoms with Gasteiger partial charge in [-0.25, -0.2) is 13.2 Å². The summed E-state index contributed by atoms with van der Waals surface area (Å²) in [7, 11) is 0.